The van der Waals surface area contributed by atoms with Crippen molar-refractivity contribution in [1.82, 2.24) is 20.5 Å². The predicted octanol–water partition coefficient (Wildman–Crippen LogP) is 2.68. The number of carbonyl (C=O) groups is 1. The van der Waals surface area contributed by atoms with Gasteiger partial charge in [0.1, 0.15) is 5.82 Å². The summed E-state index contributed by atoms with van der Waals surface area (Å²) in [5.74, 6) is 0.710. The van der Waals surface area contributed by atoms with Gasteiger partial charge in [0.05, 0.1) is 11.8 Å². The monoisotopic (exact) mass is 335 g/mol. The Hall–Kier alpha value is -3.15. The molecule has 0 radical (unpaired) electrons. The number of benzene rings is 1. The van der Waals surface area contributed by atoms with Crippen molar-refractivity contribution in [3.63, 3.8) is 0 Å². The number of hydrogen-bond donors (Lipinski definition) is 2. The maximum absolute atomic E-state index is 12.3. The normalized spacial score (nSPS) is 10.5. The topological polar surface area (TPSA) is 73.9 Å². The third-order valence-electron chi connectivity index (χ3n) is 4.01. The summed E-state index contributed by atoms with van der Waals surface area (Å²) in [5, 5.41) is 9.59. The number of amides is 1. The Kier molecular flexibility index (Phi) is 5.09. The molecule has 0 spiro atoms. The van der Waals surface area contributed by atoms with Crippen molar-refractivity contribution in [1.29, 1.82) is 0 Å². The second kappa shape index (κ2) is 7.61. The molecule has 0 aliphatic carbocycles. The lowest BCUT2D eigenvalue weighted by molar-refractivity contribution is 0.0950. The van der Waals surface area contributed by atoms with Crippen molar-refractivity contribution in [2.24, 2.45) is 0 Å². The first kappa shape index (κ1) is 16.7. The standard InChI is InChI=1S/C19H21N5O/c1-14-17(12-22-23-14)19(25)21-11-16-9-6-10-20-18(16)24(2)13-15-7-4-3-5-8-15/h3-10,12H,11,13H2,1-2H3,(H,21,25)(H,22,23). The second-order valence-electron chi connectivity index (χ2n) is 5.92. The van der Waals surface area contributed by atoms with Crippen LogP contribution < -0.4 is 10.2 Å². The molecule has 0 saturated heterocycles. The molecule has 128 valence electrons. The zero-order valence-electron chi connectivity index (χ0n) is 14.4. The highest BCUT2D eigenvalue weighted by Crippen LogP contribution is 2.18. The number of carbonyl (C=O) groups excluding carboxylic acids is 1. The molecule has 2 aromatic heterocycles. The molecule has 0 unspecified atom stereocenters. The van der Waals surface area contributed by atoms with Gasteiger partial charge in [0.25, 0.3) is 5.91 Å². The quantitative estimate of drug-likeness (QED) is 0.726. The number of aromatic nitrogens is 3. The Labute approximate surface area is 146 Å². The van der Waals surface area contributed by atoms with Crippen LogP contribution in [-0.2, 0) is 13.1 Å². The smallest absolute Gasteiger partial charge is 0.255 e. The number of pyridine rings is 1. The molecule has 0 saturated carbocycles. The fourth-order valence-corrected chi connectivity index (χ4v) is 2.69. The zero-order chi connectivity index (χ0) is 17.6. The Morgan fingerprint density at radius 3 is 2.72 bits per heavy atom. The van der Waals surface area contributed by atoms with Gasteiger partial charge in [-0.3, -0.25) is 9.89 Å². The van der Waals surface area contributed by atoms with Gasteiger partial charge in [0, 0.05) is 37.6 Å². The maximum atomic E-state index is 12.3. The summed E-state index contributed by atoms with van der Waals surface area (Å²) >= 11 is 0. The molecule has 6 heteroatoms. The number of hydrogen-bond acceptors (Lipinski definition) is 4. The average Bonchev–Trinajstić information content (AvgIpc) is 3.07. The summed E-state index contributed by atoms with van der Waals surface area (Å²) in [5.41, 5.74) is 3.49. The van der Waals surface area contributed by atoms with E-state index in [0.29, 0.717) is 12.1 Å². The van der Waals surface area contributed by atoms with Gasteiger partial charge in [-0.25, -0.2) is 4.98 Å². The molecule has 3 aromatic rings. The minimum absolute atomic E-state index is 0.147. The molecule has 0 atom stereocenters. The number of nitrogens with zero attached hydrogens (tertiary/aromatic N) is 3. The van der Waals surface area contributed by atoms with E-state index in [1.54, 1.807) is 6.20 Å². The molecule has 6 nitrogen and oxygen atoms in total. The molecule has 0 aliphatic heterocycles. The van der Waals surface area contributed by atoms with E-state index in [1.807, 2.05) is 44.3 Å². The number of anilines is 1. The SMILES string of the molecule is Cc1[nH]ncc1C(=O)NCc1cccnc1N(C)Cc1ccccc1. The second-order valence-corrected chi connectivity index (χ2v) is 5.92. The van der Waals surface area contributed by atoms with E-state index in [0.717, 1.165) is 23.6 Å². The first-order valence-electron chi connectivity index (χ1n) is 8.12. The largest absolute Gasteiger partial charge is 0.355 e. The number of H-pyrrole nitrogens is 1. The number of aryl methyl sites for hydroxylation is 1. The highest BCUT2D eigenvalue weighted by Gasteiger charge is 2.13. The molecule has 0 fully saturated rings. The molecule has 2 N–H and O–H groups in total. The number of aromatic amines is 1. The fraction of sp³-hybridized carbons (Fsp3) is 0.211. The van der Waals surface area contributed by atoms with Gasteiger partial charge in [-0.1, -0.05) is 36.4 Å². The Morgan fingerprint density at radius 1 is 1.20 bits per heavy atom. The van der Waals surface area contributed by atoms with Crippen LogP contribution in [0, 0.1) is 6.92 Å². The van der Waals surface area contributed by atoms with Crippen LogP contribution in [0.1, 0.15) is 27.2 Å². The summed E-state index contributed by atoms with van der Waals surface area (Å²) in [6, 6.07) is 14.1. The molecule has 1 aromatic carbocycles. The van der Waals surface area contributed by atoms with E-state index >= 15 is 0 Å². The Morgan fingerprint density at radius 2 is 2.00 bits per heavy atom. The molecule has 2 heterocycles. The van der Waals surface area contributed by atoms with Crippen LogP contribution >= 0.6 is 0 Å². The van der Waals surface area contributed by atoms with Crippen molar-refractivity contribution < 1.29 is 4.79 Å². The van der Waals surface area contributed by atoms with Crippen molar-refractivity contribution in [2.75, 3.05) is 11.9 Å². The van der Waals surface area contributed by atoms with Crippen LogP contribution in [0.5, 0.6) is 0 Å². The van der Waals surface area contributed by atoms with Gasteiger partial charge >= 0.3 is 0 Å². The highest BCUT2D eigenvalue weighted by atomic mass is 16.1. The first-order valence-corrected chi connectivity index (χ1v) is 8.12. The van der Waals surface area contributed by atoms with Crippen LogP contribution in [0.2, 0.25) is 0 Å². The Bertz CT molecular complexity index is 844. The van der Waals surface area contributed by atoms with Gasteiger partial charge in [0.15, 0.2) is 0 Å². The number of rotatable bonds is 6. The summed E-state index contributed by atoms with van der Waals surface area (Å²) in [6.07, 6.45) is 3.30. The molecule has 1 amide bonds. The van der Waals surface area contributed by atoms with E-state index in [2.05, 4.69) is 37.5 Å². The zero-order valence-corrected chi connectivity index (χ0v) is 14.4. The molecule has 25 heavy (non-hydrogen) atoms. The summed E-state index contributed by atoms with van der Waals surface area (Å²) < 4.78 is 0. The lowest BCUT2D eigenvalue weighted by Crippen LogP contribution is -2.26. The molecule has 0 aliphatic rings. The summed E-state index contributed by atoms with van der Waals surface area (Å²) in [7, 11) is 2.00. The number of nitrogens with one attached hydrogen (secondary N) is 2. The minimum Gasteiger partial charge on any atom is -0.355 e. The molecular formula is C19H21N5O. The Balaban J connectivity index is 1.70. The van der Waals surface area contributed by atoms with E-state index in [9.17, 15) is 4.79 Å². The van der Waals surface area contributed by atoms with Crippen LogP contribution in [0.3, 0.4) is 0 Å². The minimum atomic E-state index is -0.147. The first-order chi connectivity index (χ1) is 12.1. The van der Waals surface area contributed by atoms with E-state index in [-0.39, 0.29) is 5.91 Å². The maximum Gasteiger partial charge on any atom is 0.255 e. The van der Waals surface area contributed by atoms with Crippen LogP contribution in [0.15, 0.2) is 54.9 Å². The van der Waals surface area contributed by atoms with Crippen molar-refractivity contribution in [3.05, 3.63) is 77.2 Å². The molecule has 0 bridgehead atoms. The van der Waals surface area contributed by atoms with E-state index < -0.39 is 0 Å². The van der Waals surface area contributed by atoms with Crippen LogP contribution in [-0.4, -0.2) is 28.1 Å². The van der Waals surface area contributed by atoms with Gasteiger partial charge in [-0.15, -0.1) is 0 Å². The van der Waals surface area contributed by atoms with E-state index in [1.165, 1.54) is 11.8 Å². The van der Waals surface area contributed by atoms with Crippen LogP contribution in [0.25, 0.3) is 0 Å². The van der Waals surface area contributed by atoms with Crippen molar-refractivity contribution in [2.45, 2.75) is 20.0 Å². The summed E-state index contributed by atoms with van der Waals surface area (Å²) in [6.45, 7) is 2.98. The van der Waals surface area contributed by atoms with E-state index in [4.69, 9.17) is 0 Å². The highest BCUT2D eigenvalue weighted by molar-refractivity contribution is 5.94. The lowest BCUT2D eigenvalue weighted by atomic mass is 10.2. The fourth-order valence-electron chi connectivity index (χ4n) is 2.69. The molecule has 3 rings (SSSR count). The predicted molar refractivity (Wildman–Crippen MR) is 97.3 cm³/mol. The van der Waals surface area contributed by atoms with Gasteiger partial charge < -0.3 is 10.2 Å². The van der Waals surface area contributed by atoms with Crippen molar-refractivity contribution in [3.8, 4) is 0 Å². The third kappa shape index (κ3) is 4.03. The lowest BCUT2D eigenvalue weighted by Gasteiger charge is -2.21. The molecular weight excluding hydrogens is 314 g/mol. The van der Waals surface area contributed by atoms with Gasteiger partial charge in [-0.05, 0) is 18.6 Å². The third-order valence-corrected chi connectivity index (χ3v) is 4.01. The van der Waals surface area contributed by atoms with Crippen LogP contribution in [0.4, 0.5) is 5.82 Å². The van der Waals surface area contributed by atoms with Crippen molar-refractivity contribution >= 4 is 11.7 Å². The summed E-state index contributed by atoms with van der Waals surface area (Å²) in [4.78, 5) is 18.8. The average molecular weight is 335 g/mol. The van der Waals surface area contributed by atoms with Gasteiger partial charge in [-0.2, -0.15) is 5.10 Å². The van der Waals surface area contributed by atoms with Gasteiger partial charge in [0.2, 0.25) is 0 Å².